The Kier molecular flexibility index (Phi) is 38.4. The van der Waals surface area contributed by atoms with Crippen molar-refractivity contribution in [2.75, 3.05) is 97.3 Å². The van der Waals surface area contributed by atoms with Crippen molar-refractivity contribution in [1.82, 2.24) is 0 Å². The first kappa shape index (κ1) is 41.2. The molecule has 0 aliphatic carbocycles. The zero-order valence-corrected chi connectivity index (χ0v) is 29.4. The number of esters is 2. The van der Waals surface area contributed by atoms with Crippen LogP contribution >= 0.6 is 118 Å². The number of ether oxygens (including phenoxy) is 2. The Morgan fingerprint density at radius 1 is 0.462 bits per heavy atom. The number of thioether (sulfide) groups is 10. The van der Waals surface area contributed by atoms with Crippen LogP contribution in [-0.4, -0.2) is 119 Å². The van der Waals surface area contributed by atoms with Crippen LogP contribution in [0.5, 0.6) is 0 Å². The van der Waals surface area contributed by atoms with E-state index in [1.807, 2.05) is 0 Å². The van der Waals surface area contributed by atoms with Gasteiger partial charge in [-0.2, -0.15) is 0 Å². The molecule has 0 bridgehead atoms. The van der Waals surface area contributed by atoms with E-state index in [2.05, 4.69) is 0 Å². The zero-order chi connectivity index (χ0) is 28.5. The van der Waals surface area contributed by atoms with E-state index in [1.54, 1.807) is 70.6 Å². The van der Waals surface area contributed by atoms with E-state index in [0.717, 1.165) is 48.7 Å². The van der Waals surface area contributed by atoms with Crippen LogP contribution in [0.1, 0.15) is 0 Å². The van der Waals surface area contributed by atoms with Gasteiger partial charge in [0.1, 0.15) is 23.8 Å². The van der Waals surface area contributed by atoms with Crippen molar-refractivity contribution in [2.24, 2.45) is 0 Å². The molecule has 20 heteroatoms. The van der Waals surface area contributed by atoms with Gasteiger partial charge in [0.2, 0.25) is 0 Å². The Morgan fingerprint density at radius 2 is 0.872 bits per heavy atom. The summed E-state index contributed by atoms with van der Waals surface area (Å²) in [5, 5.41) is 21.4. The number of hydrogen-bond donors (Lipinski definition) is 2. The van der Waals surface area contributed by atoms with Crippen LogP contribution in [0.4, 0.5) is 0 Å². The summed E-state index contributed by atoms with van der Waals surface area (Å²) in [4.78, 5) is 43.2. The maximum absolute atomic E-state index is 11.7. The van der Waals surface area contributed by atoms with Crippen LogP contribution in [0.15, 0.2) is 0 Å². The van der Waals surface area contributed by atoms with Gasteiger partial charge in [-0.1, -0.05) is 11.8 Å². The van der Waals surface area contributed by atoms with Gasteiger partial charge in [0, 0.05) is 36.9 Å². The normalized spacial score (nSPS) is 11.1. The van der Waals surface area contributed by atoms with Crippen molar-refractivity contribution in [1.29, 1.82) is 0 Å². The smallest absolute Gasteiger partial charge is 0.316 e. The molecule has 0 saturated heterocycles. The predicted octanol–water partition coefficient (Wildman–Crippen LogP) is 4.82. The van der Waals surface area contributed by atoms with Crippen molar-refractivity contribution in [2.45, 2.75) is 0 Å². The highest BCUT2D eigenvalue weighted by molar-refractivity contribution is 8.23. The SMILES string of the molecule is O=C(CSCSCSCCOOCSCSCOC(=O)CSCSCSCCOOCSCO)OCSCO. The van der Waals surface area contributed by atoms with Crippen LogP contribution in [-0.2, 0) is 38.6 Å². The number of rotatable bonds is 32. The summed E-state index contributed by atoms with van der Waals surface area (Å²) in [5.41, 5.74) is 0. The molecule has 10 nitrogen and oxygen atoms in total. The van der Waals surface area contributed by atoms with E-state index in [0.29, 0.717) is 42.5 Å². The topological polar surface area (TPSA) is 130 Å². The Labute approximate surface area is 273 Å². The number of aliphatic hydroxyl groups excluding tert-OH is 2. The number of carbonyl (C=O) groups is 2. The third-order valence-electron chi connectivity index (χ3n) is 3.11. The third-order valence-corrected chi connectivity index (χ3v) is 13.0. The molecule has 0 unspecified atom stereocenters. The molecule has 232 valence electrons. The van der Waals surface area contributed by atoms with Crippen LogP contribution in [0, 0.1) is 0 Å². The molecular formula is C19H36O10S10. The minimum Gasteiger partial charge on any atom is -0.454 e. The summed E-state index contributed by atoms with van der Waals surface area (Å²) in [6.45, 7) is 1.00. The average molecular weight is 745 g/mol. The lowest BCUT2D eigenvalue weighted by Crippen LogP contribution is -2.07. The number of hydrogen-bond acceptors (Lipinski definition) is 20. The van der Waals surface area contributed by atoms with Crippen molar-refractivity contribution < 1.29 is 48.8 Å². The molecular weight excluding hydrogens is 709 g/mol. The minimum atomic E-state index is -0.260. The molecule has 39 heavy (non-hydrogen) atoms. The summed E-state index contributed by atoms with van der Waals surface area (Å²) >= 11 is 15.5. The predicted molar refractivity (Wildman–Crippen MR) is 180 cm³/mol. The van der Waals surface area contributed by atoms with E-state index < -0.39 is 0 Å². The molecule has 0 saturated carbocycles. The van der Waals surface area contributed by atoms with Crippen molar-refractivity contribution in [3.8, 4) is 0 Å². The minimum absolute atomic E-state index is 0.0182. The molecule has 0 aromatic rings. The zero-order valence-electron chi connectivity index (χ0n) is 21.3. The van der Waals surface area contributed by atoms with Crippen molar-refractivity contribution in [3.63, 3.8) is 0 Å². The van der Waals surface area contributed by atoms with E-state index in [4.69, 9.17) is 39.2 Å². The van der Waals surface area contributed by atoms with E-state index in [-0.39, 0.29) is 29.8 Å². The lowest BCUT2D eigenvalue weighted by Gasteiger charge is -2.06. The van der Waals surface area contributed by atoms with Gasteiger partial charge in [0.15, 0.2) is 0 Å². The maximum Gasteiger partial charge on any atom is 0.316 e. The quantitative estimate of drug-likeness (QED) is 0.0321. The molecule has 0 radical (unpaired) electrons. The first-order valence-electron chi connectivity index (χ1n) is 11.0. The van der Waals surface area contributed by atoms with Gasteiger partial charge in [0.25, 0.3) is 0 Å². The summed E-state index contributed by atoms with van der Waals surface area (Å²) < 4.78 is 10.1. The van der Waals surface area contributed by atoms with E-state index >= 15 is 0 Å². The Bertz CT molecular complexity index is 545. The summed E-state index contributed by atoms with van der Waals surface area (Å²) in [5.74, 6) is 3.06. The highest BCUT2D eigenvalue weighted by Gasteiger charge is 2.04. The van der Waals surface area contributed by atoms with Gasteiger partial charge in [-0.25, -0.2) is 19.6 Å². The van der Waals surface area contributed by atoms with Gasteiger partial charge in [0.05, 0.1) is 36.6 Å². The standard InChI is InChI=1S/C19H36O10S10/c20-7-34-9-24-18(22)5-32-15-38-14-31-4-2-27-29-12-37-17-36-10-25-19(23)6-33-16-39-13-30-3-1-26-28-11-35-8-21/h20-21H,1-17H2. The first-order valence-corrected chi connectivity index (χ1v) is 22.5. The average Bonchev–Trinajstić information content (AvgIpc) is 2.93. The molecule has 0 atom stereocenters. The maximum atomic E-state index is 11.7. The Morgan fingerprint density at radius 3 is 1.41 bits per heavy atom. The lowest BCUT2D eigenvalue weighted by atomic mass is 10.8. The monoisotopic (exact) mass is 744 g/mol. The van der Waals surface area contributed by atoms with Gasteiger partial charge in [-0.05, 0) is 0 Å². The van der Waals surface area contributed by atoms with Gasteiger partial charge >= 0.3 is 11.9 Å². The van der Waals surface area contributed by atoms with Gasteiger partial charge in [-0.15, -0.1) is 106 Å². The van der Waals surface area contributed by atoms with Crippen LogP contribution < -0.4 is 0 Å². The lowest BCUT2D eigenvalue weighted by molar-refractivity contribution is -0.274. The van der Waals surface area contributed by atoms with Gasteiger partial charge in [-0.3, -0.25) is 9.59 Å². The van der Waals surface area contributed by atoms with Gasteiger partial charge < -0.3 is 19.7 Å². The van der Waals surface area contributed by atoms with Crippen molar-refractivity contribution >= 4 is 130 Å². The van der Waals surface area contributed by atoms with E-state index in [1.165, 1.54) is 35.3 Å². The second kappa shape index (κ2) is 36.4. The number of carbonyl (C=O) groups excluding carboxylic acids is 2. The Balaban J connectivity index is 3.18. The molecule has 2 N–H and O–H groups in total. The fourth-order valence-corrected chi connectivity index (χ4v) is 9.61. The summed E-state index contributed by atoms with van der Waals surface area (Å²) in [6, 6.07) is 0. The molecule has 0 rings (SSSR count). The largest absolute Gasteiger partial charge is 0.454 e. The molecule has 0 spiro atoms. The highest BCUT2D eigenvalue weighted by atomic mass is 32.2. The van der Waals surface area contributed by atoms with Crippen LogP contribution in [0.2, 0.25) is 0 Å². The first-order chi connectivity index (χ1) is 19.2. The number of aliphatic hydroxyl groups is 2. The van der Waals surface area contributed by atoms with E-state index in [9.17, 15) is 9.59 Å². The highest BCUT2D eigenvalue weighted by Crippen LogP contribution is 2.19. The second-order valence-electron chi connectivity index (χ2n) is 5.97. The molecule has 0 aromatic heterocycles. The fourth-order valence-electron chi connectivity index (χ4n) is 1.61. The van der Waals surface area contributed by atoms with Crippen molar-refractivity contribution in [3.05, 3.63) is 0 Å². The molecule has 0 heterocycles. The summed E-state index contributed by atoms with van der Waals surface area (Å²) in [7, 11) is 0. The van der Waals surface area contributed by atoms with Crippen LogP contribution in [0.25, 0.3) is 0 Å². The fraction of sp³-hybridized carbons (Fsp3) is 0.895. The Hall–Kier alpha value is 2.20. The van der Waals surface area contributed by atoms with Crippen LogP contribution in [0.3, 0.4) is 0 Å². The molecule has 0 fully saturated rings. The third kappa shape index (κ3) is 36.3. The second-order valence-corrected chi connectivity index (χ2v) is 17.6. The molecule has 0 aliphatic heterocycles. The molecule has 0 amide bonds. The molecule has 0 aromatic carbocycles. The summed E-state index contributed by atoms with van der Waals surface area (Å²) in [6.07, 6.45) is 0. The molecule has 0 aliphatic rings.